The number of fused-ring (bicyclic) bond motifs is 1. The van der Waals surface area contributed by atoms with Gasteiger partial charge in [0, 0.05) is 11.8 Å². The van der Waals surface area contributed by atoms with Crippen molar-refractivity contribution >= 4 is 11.9 Å². The summed E-state index contributed by atoms with van der Waals surface area (Å²) in [5, 5.41) is 0. The number of hydrogen-bond acceptors (Lipinski definition) is 6. The van der Waals surface area contributed by atoms with Crippen LogP contribution in [0.1, 0.15) is 5.56 Å². The summed E-state index contributed by atoms with van der Waals surface area (Å²) in [6.45, 7) is 1.37. The smallest absolute Gasteiger partial charge is 0.312 e. The highest BCUT2D eigenvalue weighted by molar-refractivity contribution is 5.85. The monoisotopic (exact) mass is 332 g/mol. The van der Waals surface area contributed by atoms with Crippen LogP contribution < -0.4 is 0 Å². The minimum Gasteiger partial charge on any atom is -0.469 e. The zero-order valence-corrected chi connectivity index (χ0v) is 13.4. The lowest BCUT2D eigenvalue weighted by Gasteiger charge is -2.34. The average Bonchev–Trinajstić information content (AvgIpc) is 3.03. The Kier molecular flexibility index (Phi) is 4.02. The third-order valence-electron chi connectivity index (χ3n) is 5.47. The van der Waals surface area contributed by atoms with Crippen LogP contribution in [-0.2, 0) is 35.1 Å². The SMILES string of the molecule is COC(=O)[C@H]1[C@H]2CO[C@H]3OC(=O)[C@@H]1[C@H]3[C@@H]2COCc1ccccc1. The van der Waals surface area contributed by atoms with E-state index in [-0.39, 0.29) is 29.7 Å². The Morgan fingerprint density at radius 3 is 2.83 bits per heavy atom. The molecule has 3 fully saturated rings. The first-order valence-corrected chi connectivity index (χ1v) is 8.22. The van der Waals surface area contributed by atoms with Crippen LogP contribution in [0.5, 0.6) is 0 Å². The molecule has 0 N–H and O–H groups in total. The van der Waals surface area contributed by atoms with Gasteiger partial charge in [0.2, 0.25) is 6.29 Å². The molecule has 1 saturated carbocycles. The van der Waals surface area contributed by atoms with Crippen molar-refractivity contribution in [3.8, 4) is 0 Å². The summed E-state index contributed by atoms with van der Waals surface area (Å²) in [6.07, 6.45) is -0.557. The van der Waals surface area contributed by atoms with Gasteiger partial charge in [-0.3, -0.25) is 9.59 Å². The van der Waals surface area contributed by atoms with Crippen molar-refractivity contribution in [1.82, 2.24) is 0 Å². The van der Waals surface area contributed by atoms with Gasteiger partial charge in [0.05, 0.1) is 38.8 Å². The molecule has 2 heterocycles. The Labute approximate surface area is 140 Å². The van der Waals surface area contributed by atoms with E-state index >= 15 is 0 Å². The molecule has 6 heteroatoms. The van der Waals surface area contributed by atoms with Crippen molar-refractivity contribution in [2.24, 2.45) is 29.6 Å². The van der Waals surface area contributed by atoms with E-state index in [0.29, 0.717) is 19.8 Å². The van der Waals surface area contributed by atoms with Gasteiger partial charge in [-0.05, 0) is 11.5 Å². The van der Waals surface area contributed by atoms with E-state index in [0.717, 1.165) is 5.56 Å². The lowest BCUT2D eigenvalue weighted by Crippen LogP contribution is -2.40. The highest BCUT2D eigenvalue weighted by atomic mass is 16.7. The predicted molar refractivity (Wildman–Crippen MR) is 81.4 cm³/mol. The second-order valence-corrected chi connectivity index (χ2v) is 6.62. The van der Waals surface area contributed by atoms with Crippen LogP contribution in [0.2, 0.25) is 0 Å². The molecule has 1 aromatic carbocycles. The fourth-order valence-electron chi connectivity index (χ4n) is 4.43. The van der Waals surface area contributed by atoms with Crippen LogP contribution in [0.4, 0.5) is 0 Å². The molecule has 1 aliphatic carbocycles. The summed E-state index contributed by atoms with van der Waals surface area (Å²) < 4.78 is 21.8. The maximum Gasteiger partial charge on any atom is 0.312 e. The van der Waals surface area contributed by atoms with E-state index in [4.69, 9.17) is 18.9 Å². The summed E-state index contributed by atoms with van der Waals surface area (Å²) in [6, 6.07) is 9.91. The lowest BCUT2D eigenvalue weighted by atomic mass is 9.86. The van der Waals surface area contributed by atoms with Gasteiger partial charge >= 0.3 is 11.9 Å². The molecule has 24 heavy (non-hydrogen) atoms. The largest absolute Gasteiger partial charge is 0.469 e. The zero-order valence-electron chi connectivity index (χ0n) is 13.4. The molecule has 4 rings (SSSR count). The molecule has 2 saturated heterocycles. The molecule has 2 aliphatic heterocycles. The van der Waals surface area contributed by atoms with E-state index < -0.39 is 18.1 Å². The molecule has 6 atom stereocenters. The molecular formula is C18H20O6. The van der Waals surface area contributed by atoms with E-state index in [9.17, 15) is 9.59 Å². The molecule has 1 aromatic rings. The molecule has 0 spiro atoms. The minimum atomic E-state index is -0.557. The molecule has 6 nitrogen and oxygen atoms in total. The number of carbonyl (C=O) groups excluding carboxylic acids is 2. The molecule has 128 valence electrons. The first kappa shape index (κ1) is 15.6. The topological polar surface area (TPSA) is 71.1 Å². The highest BCUT2D eigenvalue weighted by Crippen LogP contribution is 2.56. The van der Waals surface area contributed by atoms with Crippen LogP contribution in [0.3, 0.4) is 0 Å². The van der Waals surface area contributed by atoms with Gasteiger partial charge in [0.1, 0.15) is 0 Å². The lowest BCUT2D eigenvalue weighted by molar-refractivity contribution is -0.199. The maximum absolute atomic E-state index is 12.2. The Morgan fingerprint density at radius 2 is 2.08 bits per heavy atom. The van der Waals surface area contributed by atoms with Gasteiger partial charge in [-0.25, -0.2) is 0 Å². The van der Waals surface area contributed by atoms with Crippen molar-refractivity contribution in [3.63, 3.8) is 0 Å². The van der Waals surface area contributed by atoms with E-state index in [1.165, 1.54) is 7.11 Å². The fraction of sp³-hybridized carbons (Fsp3) is 0.556. The van der Waals surface area contributed by atoms with Crippen LogP contribution in [-0.4, -0.2) is 38.6 Å². The van der Waals surface area contributed by atoms with E-state index in [1.807, 2.05) is 30.3 Å². The van der Waals surface area contributed by atoms with Gasteiger partial charge < -0.3 is 18.9 Å². The minimum absolute atomic E-state index is 0.0627. The number of ether oxygens (including phenoxy) is 4. The van der Waals surface area contributed by atoms with Crippen molar-refractivity contribution in [2.75, 3.05) is 20.3 Å². The van der Waals surface area contributed by atoms with Gasteiger partial charge in [-0.1, -0.05) is 30.3 Å². The van der Waals surface area contributed by atoms with Crippen LogP contribution in [0.25, 0.3) is 0 Å². The van der Waals surface area contributed by atoms with Crippen molar-refractivity contribution < 1.29 is 28.5 Å². The quantitative estimate of drug-likeness (QED) is 0.759. The number of benzene rings is 1. The van der Waals surface area contributed by atoms with Crippen LogP contribution >= 0.6 is 0 Å². The fourth-order valence-corrected chi connectivity index (χ4v) is 4.43. The van der Waals surface area contributed by atoms with Crippen LogP contribution in [0, 0.1) is 29.6 Å². The first-order valence-electron chi connectivity index (χ1n) is 8.22. The predicted octanol–water partition coefficient (Wildman–Crippen LogP) is 1.38. The standard InChI is InChI=1S/C18H20O6/c1-21-16(19)13-12-9-23-18-14(15(13)17(20)24-18)11(12)8-22-7-10-5-3-2-4-6-10/h2-6,11-15,18H,7-9H2,1H3/t11-,12+,13+,14-,15+,18+/m1/s1. The summed E-state index contributed by atoms with van der Waals surface area (Å²) in [4.78, 5) is 24.4. The van der Waals surface area contributed by atoms with Crippen LogP contribution in [0.15, 0.2) is 30.3 Å². The zero-order chi connectivity index (χ0) is 16.7. The number of carbonyl (C=O) groups is 2. The van der Waals surface area contributed by atoms with Gasteiger partial charge in [-0.2, -0.15) is 0 Å². The third kappa shape index (κ3) is 2.41. The number of hydrogen-bond donors (Lipinski definition) is 0. The Bertz CT molecular complexity index is 630. The normalized spacial score (nSPS) is 36.5. The Balaban J connectivity index is 1.49. The number of esters is 2. The third-order valence-corrected chi connectivity index (χ3v) is 5.47. The Morgan fingerprint density at radius 1 is 1.29 bits per heavy atom. The van der Waals surface area contributed by atoms with Crippen molar-refractivity contribution in [1.29, 1.82) is 0 Å². The Hall–Kier alpha value is -1.92. The first-order chi connectivity index (χ1) is 11.7. The average molecular weight is 332 g/mol. The molecular weight excluding hydrogens is 312 g/mol. The molecule has 0 unspecified atom stereocenters. The molecule has 3 aliphatic rings. The van der Waals surface area contributed by atoms with E-state index in [2.05, 4.69) is 0 Å². The van der Waals surface area contributed by atoms with Crippen molar-refractivity contribution in [2.45, 2.75) is 12.9 Å². The number of rotatable bonds is 5. The summed E-state index contributed by atoms with van der Waals surface area (Å²) >= 11 is 0. The second kappa shape index (κ2) is 6.18. The van der Waals surface area contributed by atoms with Crippen molar-refractivity contribution in [3.05, 3.63) is 35.9 Å². The second-order valence-electron chi connectivity index (χ2n) is 6.62. The molecule has 0 amide bonds. The molecule has 0 radical (unpaired) electrons. The summed E-state index contributed by atoms with van der Waals surface area (Å²) in [7, 11) is 1.35. The van der Waals surface area contributed by atoms with E-state index in [1.54, 1.807) is 0 Å². The highest BCUT2D eigenvalue weighted by Gasteiger charge is 2.66. The molecule has 2 bridgehead atoms. The summed E-state index contributed by atoms with van der Waals surface area (Å²) in [5.74, 6) is -1.80. The molecule has 0 aromatic heterocycles. The summed E-state index contributed by atoms with van der Waals surface area (Å²) in [5.41, 5.74) is 1.09. The van der Waals surface area contributed by atoms with Gasteiger partial charge in [0.15, 0.2) is 0 Å². The van der Waals surface area contributed by atoms with Gasteiger partial charge in [0.25, 0.3) is 0 Å². The maximum atomic E-state index is 12.2. The number of methoxy groups -OCH3 is 1. The van der Waals surface area contributed by atoms with Gasteiger partial charge in [-0.15, -0.1) is 0 Å².